The lowest BCUT2D eigenvalue weighted by atomic mass is 10.4. The number of nitrogens with one attached hydrogen (secondary N) is 1. The fourth-order valence-corrected chi connectivity index (χ4v) is 0.905. The van der Waals surface area contributed by atoms with Crippen LogP contribution < -0.4 is 5.73 Å². The van der Waals surface area contributed by atoms with Crippen molar-refractivity contribution in [3.05, 3.63) is 24.4 Å². The summed E-state index contributed by atoms with van der Waals surface area (Å²) >= 11 is 0. The average Bonchev–Trinajstić information content (AvgIpc) is 2.17. The van der Waals surface area contributed by atoms with E-state index < -0.39 is 0 Å². The molecular formula is C7H6N6. The van der Waals surface area contributed by atoms with Gasteiger partial charge in [-0.3, -0.25) is 5.41 Å². The fourth-order valence-electron chi connectivity index (χ4n) is 0.905. The van der Waals surface area contributed by atoms with Crippen molar-refractivity contribution in [3.8, 4) is 0 Å². The van der Waals surface area contributed by atoms with Crippen LogP contribution in [-0.4, -0.2) is 25.8 Å². The third kappa shape index (κ3) is 1.28. The van der Waals surface area contributed by atoms with E-state index in [0.29, 0.717) is 16.9 Å². The third-order valence-electron chi connectivity index (χ3n) is 1.50. The van der Waals surface area contributed by atoms with E-state index in [1.165, 1.54) is 18.7 Å². The van der Waals surface area contributed by atoms with Gasteiger partial charge >= 0.3 is 0 Å². The van der Waals surface area contributed by atoms with Crippen molar-refractivity contribution in [1.29, 1.82) is 5.41 Å². The summed E-state index contributed by atoms with van der Waals surface area (Å²) in [7, 11) is 0. The van der Waals surface area contributed by atoms with E-state index in [9.17, 15) is 0 Å². The van der Waals surface area contributed by atoms with Crippen LogP contribution in [0.2, 0.25) is 0 Å². The first-order valence-corrected chi connectivity index (χ1v) is 3.54. The summed E-state index contributed by atoms with van der Waals surface area (Å²) in [6.45, 7) is 0. The first kappa shape index (κ1) is 7.53. The summed E-state index contributed by atoms with van der Waals surface area (Å²) in [5.41, 5.74) is 6.62. The van der Waals surface area contributed by atoms with Gasteiger partial charge < -0.3 is 5.73 Å². The molecule has 0 radical (unpaired) electrons. The van der Waals surface area contributed by atoms with Gasteiger partial charge in [-0.2, -0.15) is 0 Å². The molecule has 2 aromatic rings. The molecule has 0 aromatic carbocycles. The molecule has 0 atom stereocenters. The average molecular weight is 174 g/mol. The zero-order valence-electron chi connectivity index (χ0n) is 6.60. The Bertz CT molecular complexity index is 465. The standard InChI is InChI=1S/C7H6N6/c8-6(9)4-2-11-7-5(13-4)1-10-3-12-7/h1-3H,(H3,8,9). The molecule has 64 valence electrons. The highest BCUT2D eigenvalue weighted by Crippen LogP contribution is 2.02. The van der Waals surface area contributed by atoms with E-state index in [0.717, 1.165) is 0 Å². The maximum absolute atomic E-state index is 7.15. The second-order valence-corrected chi connectivity index (χ2v) is 2.40. The van der Waals surface area contributed by atoms with Crippen molar-refractivity contribution in [2.75, 3.05) is 0 Å². The monoisotopic (exact) mass is 174 g/mol. The second kappa shape index (κ2) is 2.74. The predicted octanol–water partition coefficient (Wildman–Crippen LogP) is -0.296. The minimum Gasteiger partial charge on any atom is -0.382 e. The van der Waals surface area contributed by atoms with Gasteiger partial charge in [-0.15, -0.1) is 0 Å². The van der Waals surface area contributed by atoms with E-state index >= 15 is 0 Å². The molecule has 0 saturated carbocycles. The quantitative estimate of drug-likeness (QED) is 0.456. The highest BCUT2D eigenvalue weighted by Gasteiger charge is 2.01. The molecule has 2 heterocycles. The molecule has 0 unspecified atom stereocenters. The zero-order valence-corrected chi connectivity index (χ0v) is 6.60. The number of amidine groups is 1. The third-order valence-corrected chi connectivity index (χ3v) is 1.50. The first-order chi connectivity index (χ1) is 6.27. The SMILES string of the molecule is N=C(N)c1cnc2ncncc2n1. The summed E-state index contributed by atoms with van der Waals surface area (Å²) in [5.74, 6) is -0.113. The maximum atomic E-state index is 7.15. The molecule has 0 aliphatic rings. The Hall–Kier alpha value is -2.11. The molecule has 0 aliphatic carbocycles. The van der Waals surface area contributed by atoms with Gasteiger partial charge in [0.05, 0.1) is 12.4 Å². The summed E-state index contributed by atoms with van der Waals surface area (Å²) in [5, 5.41) is 7.15. The molecule has 0 amide bonds. The maximum Gasteiger partial charge on any atom is 0.181 e. The molecule has 6 heteroatoms. The second-order valence-electron chi connectivity index (χ2n) is 2.40. The van der Waals surface area contributed by atoms with Crippen LogP contribution in [0, 0.1) is 5.41 Å². The number of nitrogens with two attached hydrogens (primary N) is 1. The topological polar surface area (TPSA) is 101 Å². The van der Waals surface area contributed by atoms with E-state index in [4.69, 9.17) is 11.1 Å². The summed E-state index contributed by atoms with van der Waals surface area (Å²) in [6.07, 6.45) is 4.34. The van der Waals surface area contributed by atoms with Gasteiger partial charge in [-0.25, -0.2) is 19.9 Å². The molecule has 0 spiro atoms. The lowest BCUT2D eigenvalue weighted by molar-refractivity contribution is 1.13. The molecule has 0 saturated heterocycles. The molecule has 13 heavy (non-hydrogen) atoms. The van der Waals surface area contributed by atoms with Gasteiger partial charge in [0, 0.05) is 0 Å². The van der Waals surface area contributed by atoms with Gasteiger partial charge in [0.2, 0.25) is 0 Å². The molecule has 0 bridgehead atoms. The Kier molecular flexibility index (Phi) is 1.59. The summed E-state index contributed by atoms with van der Waals surface area (Å²) in [4.78, 5) is 15.7. The van der Waals surface area contributed by atoms with Crippen molar-refractivity contribution in [2.45, 2.75) is 0 Å². The largest absolute Gasteiger partial charge is 0.382 e. The van der Waals surface area contributed by atoms with E-state index in [-0.39, 0.29) is 5.84 Å². The molecule has 2 rings (SSSR count). The summed E-state index contributed by atoms with van der Waals surface area (Å²) < 4.78 is 0. The zero-order chi connectivity index (χ0) is 9.26. The number of fused-ring (bicyclic) bond motifs is 1. The van der Waals surface area contributed by atoms with Crippen LogP contribution in [0.1, 0.15) is 5.69 Å². The molecule has 3 N–H and O–H groups in total. The van der Waals surface area contributed by atoms with Crippen LogP contribution >= 0.6 is 0 Å². The lowest BCUT2D eigenvalue weighted by Crippen LogP contribution is -2.13. The van der Waals surface area contributed by atoms with E-state index in [2.05, 4.69) is 19.9 Å². The van der Waals surface area contributed by atoms with Gasteiger partial charge in [0.25, 0.3) is 0 Å². The predicted molar refractivity (Wildman–Crippen MR) is 46.1 cm³/mol. The smallest absolute Gasteiger partial charge is 0.181 e. The molecule has 2 aromatic heterocycles. The normalized spacial score (nSPS) is 10.2. The van der Waals surface area contributed by atoms with E-state index in [1.807, 2.05) is 0 Å². The number of nitrogens with zero attached hydrogens (tertiary/aromatic N) is 4. The van der Waals surface area contributed by atoms with Crippen LogP contribution in [0.4, 0.5) is 0 Å². The van der Waals surface area contributed by atoms with Crippen LogP contribution in [-0.2, 0) is 0 Å². The number of rotatable bonds is 1. The van der Waals surface area contributed by atoms with Crippen molar-refractivity contribution >= 4 is 17.0 Å². The van der Waals surface area contributed by atoms with Crippen LogP contribution in [0.15, 0.2) is 18.7 Å². The van der Waals surface area contributed by atoms with Crippen LogP contribution in [0.5, 0.6) is 0 Å². The summed E-state index contributed by atoms with van der Waals surface area (Å²) in [6, 6.07) is 0. The van der Waals surface area contributed by atoms with Crippen molar-refractivity contribution in [3.63, 3.8) is 0 Å². The Morgan fingerprint density at radius 1 is 1.31 bits per heavy atom. The highest BCUT2D eigenvalue weighted by atomic mass is 15.0. The van der Waals surface area contributed by atoms with E-state index in [1.54, 1.807) is 0 Å². The minimum atomic E-state index is -0.113. The molecular weight excluding hydrogens is 168 g/mol. The lowest BCUT2D eigenvalue weighted by Gasteiger charge is -1.97. The Morgan fingerprint density at radius 2 is 2.15 bits per heavy atom. The van der Waals surface area contributed by atoms with Crippen molar-refractivity contribution in [2.24, 2.45) is 5.73 Å². The number of hydrogen-bond donors (Lipinski definition) is 2. The Labute approximate surface area is 73.4 Å². The number of aromatic nitrogens is 4. The van der Waals surface area contributed by atoms with Gasteiger partial charge in [-0.05, 0) is 0 Å². The molecule has 0 aliphatic heterocycles. The first-order valence-electron chi connectivity index (χ1n) is 3.54. The fraction of sp³-hybridized carbons (Fsp3) is 0. The minimum absolute atomic E-state index is 0.113. The molecule has 0 fully saturated rings. The number of hydrogen-bond acceptors (Lipinski definition) is 5. The van der Waals surface area contributed by atoms with Crippen molar-refractivity contribution in [1.82, 2.24) is 19.9 Å². The van der Waals surface area contributed by atoms with Crippen LogP contribution in [0.3, 0.4) is 0 Å². The highest BCUT2D eigenvalue weighted by molar-refractivity contribution is 5.93. The Morgan fingerprint density at radius 3 is 2.92 bits per heavy atom. The number of nitrogen functional groups attached to an aromatic ring is 1. The van der Waals surface area contributed by atoms with Crippen LogP contribution in [0.25, 0.3) is 11.2 Å². The Balaban J connectivity index is 2.69. The van der Waals surface area contributed by atoms with Crippen molar-refractivity contribution < 1.29 is 0 Å². The van der Waals surface area contributed by atoms with Gasteiger partial charge in [-0.1, -0.05) is 0 Å². The van der Waals surface area contributed by atoms with Gasteiger partial charge in [0.1, 0.15) is 23.4 Å². The van der Waals surface area contributed by atoms with Gasteiger partial charge in [0.15, 0.2) is 5.65 Å². The molecule has 6 nitrogen and oxygen atoms in total.